The number of para-hydroxylation sites is 1. The SMILES string of the molecule is Cn1c(=NNS(=O)(=O)O)sc2ccccc21. The summed E-state index contributed by atoms with van der Waals surface area (Å²) in [7, 11) is -2.53. The monoisotopic (exact) mass is 259 g/mol. The van der Waals surface area contributed by atoms with Crippen molar-refractivity contribution in [3.05, 3.63) is 29.1 Å². The second-order valence-corrected chi connectivity index (χ2v) is 5.23. The molecule has 0 atom stereocenters. The van der Waals surface area contributed by atoms with E-state index in [1.807, 2.05) is 24.3 Å². The van der Waals surface area contributed by atoms with Gasteiger partial charge in [0.15, 0.2) is 0 Å². The fourth-order valence-corrected chi connectivity index (χ4v) is 2.52. The molecule has 2 aromatic rings. The molecule has 1 aromatic heterocycles. The summed E-state index contributed by atoms with van der Waals surface area (Å²) in [5, 5.41) is 3.61. The maximum atomic E-state index is 10.5. The molecule has 6 nitrogen and oxygen atoms in total. The number of nitrogens with one attached hydrogen (secondary N) is 1. The molecular weight excluding hydrogens is 250 g/mol. The molecule has 0 spiro atoms. The van der Waals surface area contributed by atoms with Crippen LogP contribution in [0.3, 0.4) is 0 Å². The molecule has 0 saturated carbocycles. The van der Waals surface area contributed by atoms with Crippen LogP contribution in [0, 0.1) is 0 Å². The van der Waals surface area contributed by atoms with Gasteiger partial charge in [-0.25, -0.2) is 0 Å². The number of thiazole rings is 1. The Balaban J connectivity index is 2.58. The molecule has 0 radical (unpaired) electrons. The summed E-state index contributed by atoms with van der Waals surface area (Å²) < 4.78 is 32.2. The lowest BCUT2D eigenvalue weighted by atomic mass is 10.3. The van der Waals surface area contributed by atoms with Crippen molar-refractivity contribution in [2.75, 3.05) is 0 Å². The Morgan fingerprint density at radius 2 is 2.12 bits per heavy atom. The summed E-state index contributed by atoms with van der Waals surface area (Å²) >= 11 is 1.32. The zero-order chi connectivity index (χ0) is 11.8. The Hall–Kier alpha value is -1.38. The van der Waals surface area contributed by atoms with E-state index in [2.05, 4.69) is 5.10 Å². The highest BCUT2D eigenvalue weighted by molar-refractivity contribution is 7.83. The normalized spacial score (nSPS) is 13.2. The molecule has 2 N–H and O–H groups in total. The van der Waals surface area contributed by atoms with Crippen molar-refractivity contribution in [1.29, 1.82) is 0 Å². The third-order valence-corrected chi connectivity index (χ3v) is 3.41. The van der Waals surface area contributed by atoms with Gasteiger partial charge in [-0.15, -0.1) is 5.10 Å². The molecule has 0 unspecified atom stereocenters. The van der Waals surface area contributed by atoms with E-state index in [1.54, 1.807) is 16.4 Å². The highest BCUT2D eigenvalue weighted by atomic mass is 32.2. The van der Waals surface area contributed by atoms with Crippen molar-refractivity contribution < 1.29 is 13.0 Å². The molecule has 2 rings (SSSR count). The quantitative estimate of drug-likeness (QED) is 0.606. The lowest BCUT2D eigenvalue weighted by Crippen LogP contribution is -2.22. The lowest BCUT2D eigenvalue weighted by Gasteiger charge is -1.94. The molecule has 1 aromatic carbocycles. The topological polar surface area (TPSA) is 83.7 Å². The van der Waals surface area contributed by atoms with Gasteiger partial charge in [-0.1, -0.05) is 23.5 Å². The minimum Gasteiger partial charge on any atom is -0.318 e. The van der Waals surface area contributed by atoms with Gasteiger partial charge < -0.3 is 4.57 Å². The standard InChI is InChI=1S/C8H9N3O3S2/c1-11-6-4-2-3-5-7(6)15-8(11)9-10-16(12,13)14/h2-5,10H,1H3,(H,12,13,14). The highest BCUT2D eigenvalue weighted by Gasteiger charge is 2.03. The molecule has 0 bridgehead atoms. The van der Waals surface area contributed by atoms with Gasteiger partial charge in [0.25, 0.3) is 0 Å². The molecule has 8 heteroatoms. The van der Waals surface area contributed by atoms with Gasteiger partial charge >= 0.3 is 10.3 Å². The summed E-state index contributed by atoms with van der Waals surface area (Å²) in [6.45, 7) is 0. The van der Waals surface area contributed by atoms with E-state index in [1.165, 1.54) is 11.3 Å². The van der Waals surface area contributed by atoms with Crippen LogP contribution in [0.2, 0.25) is 0 Å². The molecule has 0 fully saturated rings. The number of aryl methyl sites for hydroxylation is 1. The maximum Gasteiger partial charge on any atom is 0.372 e. The number of hydrogen-bond donors (Lipinski definition) is 2. The summed E-state index contributed by atoms with van der Waals surface area (Å²) in [5.74, 6) is 0. The first kappa shape index (κ1) is 11.1. The van der Waals surface area contributed by atoms with Crippen LogP contribution in [0.5, 0.6) is 0 Å². The molecule has 86 valence electrons. The zero-order valence-electron chi connectivity index (χ0n) is 8.28. The summed E-state index contributed by atoms with van der Waals surface area (Å²) in [6.07, 6.45) is 0. The third kappa shape index (κ3) is 2.23. The first-order valence-electron chi connectivity index (χ1n) is 4.30. The molecular formula is C8H9N3O3S2. The zero-order valence-corrected chi connectivity index (χ0v) is 9.92. The van der Waals surface area contributed by atoms with Gasteiger partial charge in [0.2, 0.25) is 4.80 Å². The minimum absolute atomic E-state index is 0.457. The molecule has 16 heavy (non-hydrogen) atoms. The van der Waals surface area contributed by atoms with Crippen LogP contribution in [0.1, 0.15) is 0 Å². The smallest absolute Gasteiger partial charge is 0.318 e. The van der Waals surface area contributed by atoms with Crippen LogP contribution in [0.25, 0.3) is 10.2 Å². The Bertz CT molecular complexity index is 684. The number of rotatable bonds is 2. The van der Waals surface area contributed by atoms with E-state index in [0.29, 0.717) is 4.80 Å². The van der Waals surface area contributed by atoms with E-state index in [4.69, 9.17) is 4.55 Å². The van der Waals surface area contributed by atoms with Gasteiger partial charge in [-0.2, -0.15) is 13.2 Å². The van der Waals surface area contributed by atoms with E-state index < -0.39 is 10.3 Å². The van der Waals surface area contributed by atoms with Gasteiger partial charge in [-0.05, 0) is 12.1 Å². The fourth-order valence-electron chi connectivity index (χ4n) is 1.28. The first-order chi connectivity index (χ1) is 7.47. The van der Waals surface area contributed by atoms with Crippen LogP contribution >= 0.6 is 11.3 Å². The molecule has 0 aliphatic carbocycles. The maximum absolute atomic E-state index is 10.5. The second kappa shape index (κ2) is 3.89. The molecule has 0 amide bonds. The Morgan fingerprint density at radius 1 is 1.44 bits per heavy atom. The highest BCUT2D eigenvalue weighted by Crippen LogP contribution is 2.14. The van der Waals surface area contributed by atoms with Crippen LogP contribution in [0.15, 0.2) is 29.4 Å². The van der Waals surface area contributed by atoms with E-state index in [-0.39, 0.29) is 0 Å². The summed E-state index contributed by atoms with van der Waals surface area (Å²) in [5.41, 5.74) is 0.948. The Labute approximate surface area is 95.7 Å². The predicted molar refractivity (Wildman–Crippen MR) is 61.0 cm³/mol. The van der Waals surface area contributed by atoms with Crippen molar-refractivity contribution in [2.24, 2.45) is 12.1 Å². The van der Waals surface area contributed by atoms with Gasteiger partial charge in [0.05, 0.1) is 10.2 Å². The van der Waals surface area contributed by atoms with Crippen LogP contribution in [-0.4, -0.2) is 17.5 Å². The Morgan fingerprint density at radius 3 is 2.75 bits per heavy atom. The van der Waals surface area contributed by atoms with E-state index in [9.17, 15) is 8.42 Å². The molecule has 1 heterocycles. The van der Waals surface area contributed by atoms with Crippen molar-refractivity contribution >= 4 is 31.9 Å². The van der Waals surface area contributed by atoms with Gasteiger partial charge in [0, 0.05) is 7.05 Å². The van der Waals surface area contributed by atoms with Crippen molar-refractivity contribution in [3.63, 3.8) is 0 Å². The number of aromatic nitrogens is 1. The largest absolute Gasteiger partial charge is 0.372 e. The van der Waals surface area contributed by atoms with Crippen molar-refractivity contribution in [2.45, 2.75) is 0 Å². The number of fused-ring (bicyclic) bond motifs is 1. The molecule has 0 aliphatic rings. The van der Waals surface area contributed by atoms with Crippen LogP contribution < -0.4 is 9.63 Å². The van der Waals surface area contributed by atoms with E-state index in [0.717, 1.165) is 10.2 Å². The second-order valence-electron chi connectivity index (χ2n) is 3.09. The average molecular weight is 259 g/mol. The molecule has 0 aliphatic heterocycles. The number of nitrogens with zero attached hydrogens (tertiary/aromatic N) is 2. The number of hydrogen-bond acceptors (Lipinski definition) is 4. The third-order valence-electron chi connectivity index (χ3n) is 1.97. The minimum atomic E-state index is -4.30. The van der Waals surface area contributed by atoms with Crippen LogP contribution in [-0.2, 0) is 17.4 Å². The van der Waals surface area contributed by atoms with Crippen LogP contribution in [0.4, 0.5) is 0 Å². The summed E-state index contributed by atoms with van der Waals surface area (Å²) in [6, 6.07) is 7.58. The molecule has 0 saturated heterocycles. The fraction of sp³-hybridized carbons (Fsp3) is 0.125. The van der Waals surface area contributed by atoms with Crippen molar-refractivity contribution in [1.82, 2.24) is 9.40 Å². The predicted octanol–water partition coefficient (Wildman–Crippen LogP) is 0.448. The summed E-state index contributed by atoms with van der Waals surface area (Å²) in [4.78, 5) is 2.14. The van der Waals surface area contributed by atoms with Crippen molar-refractivity contribution in [3.8, 4) is 0 Å². The first-order valence-corrected chi connectivity index (χ1v) is 6.55. The average Bonchev–Trinajstić information content (AvgIpc) is 2.53. The Kier molecular flexibility index (Phi) is 2.70. The van der Waals surface area contributed by atoms with E-state index >= 15 is 0 Å². The van der Waals surface area contributed by atoms with Gasteiger partial charge in [0.1, 0.15) is 0 Å². The van der Waals surface area contributed by atoms with Gasteiger partial charge in [-0.3, -0.25) is 4.55 Å². The number of benzene rings is 1. The lowest BCUT2D eigenvalue weighted by molar-refractivity contribution is 0.468.